The van der Waals surface area contributed by atoms with E-state index in [9.17, 15) is 0 Å². The molecule has 0 fully saturated rings. The molecule has 2 heterocycles. The highest BCUT2D eigenvalue weighted by Gasteiger charge is 2.31. The normalized spacial score (nSPS) is 13.1. The highest BCUT2D eigenvalue weighted by Crippen LogP contribution is 2.34. The fourth-order valence-corrected chi connectivity index (χ4v) is 4.59. The number of hydrogen-bond acceptors (Lipinski definition) is 6. The first-order valence-electron chi connectivity index (χ1n) is 11.3. The standard InChI is InChI=1S/C26H20Cl2N8/c27-17-9-1-3-11-19(17)29-25(35-23-15-7-5-13-21(23)31-33-35)26(30-20-12-4-2-10-18(20)28)36-24-16-8-6-14-22(24)32-34-36/h1-16,25-26,29-30H/t25-,26-/m1/s1. The quantitative estimate of drug-likeness (QED) is 0.256. The van der Waals surface area contributed by atoms with Gasteiger partial charge in [-0.05, 0) is 48.5 Å². The minimum Gasteiger partial charge on any atom is -0.359 e. The Morgan fingerprint density at radius 1 is 0.528 bits per heavy atom. The number of para-hydroxylation sites is 4. The molecule has 36 heavy (non-hydrogen) atoms. The molecule has 2 N–H and O–H groups in total. The number of aromatic nitrogens is 6. The Morgan fingerprint density at radius 2 is 0.917 bits per heavy atom. The Bertz CT molecular complexity index is 1540. The predicted molar refractivity (Wildman–Crippen MR) is 143 cm³/mol. The summed E-state index contributed by atoms with van der Waals surface area (Å²) in [7, 11) is 0. The van der Waals surface area contributed by atoms with E-state index < -0.39 is 12.3 Å². The van der Waals surface area contributed by atoms with Crippen molar-refractivity contribution in [2.24, 2.45) is 0 Å². The second-order valence-corrected chi connectivity index (χ2v) is 9.00. The summed E-state index contributed by atoms with van der Waals surface area (Å²) in [5, 5.41) is 26.1. The summed E-state index contributed by atoms with van der Waals surface area (Å²) < 4.78 is 3.65. The molecule has 0 bridgehead atoms. The zero-order valence-electron chi connectivity index (χ0n) is 18.8. The molecule has 8 nitrogen and oxygen atoms in total. The molecule has 6 aromatic rings. The number of hydrogen-bond donors (Lipinski definition) is 2. The van der Waals surface area contributed by atoms with Crippen molar-refractivity contribution in [2.45, 2.75) is 12.3 Å². The molecule has 0 radical (unpaired) electrons. The van der Waals surface area contributed by atoms with Gasteiger partial charge in [0.1, 0.15) is 11.0 Å². The van der Waals surface area contributed by atoms with Crippen LogP contribution in [0.4, 0.5) is 11.4 Å². The largest absolute Gasteiger partial charge is 0.359 e. The molecule has 2 atom stereocenters. The van der Waals surface area contributed by atoms with Crippen LogP contribution in [-0.2, 0) is 0 Å². The van der Waals surface area contributed by atoms with Crippen LogP contribution in [0.2, 0.25) is 10.0 Å². The third-order valence-electron chi connectivity index (χ3n) is 5.94. The zero-order valence-corrected chi connectivity index (χ0v) is 20.3. The lowest BCUT2D eigenvalue weighted by Crippen LogP contribution is -2.35. The maximum Gasteiger partial charge on any atom is 0.164 e. The van der Waals surface area contributed by atoms with Gasteiger partial charge in [-0.2, -0.15) is 0 Å². The number of nitrogens with zero attached hydrogens (tertiary/aromatic N) is 6. The van der Waals surface area contributed by atoms with Crippen molar-refractivity contribution in [2.75, 3.05) is 10.6 Å². The number of benzene rings is 4. The lowest BCUT2D eigenvalue weighted by Gasteiger charge is -2.31. The predicted octanol–water partition coefficient (Wildman–Crippen LogP) is 6.40. The van der Waals surface area contributed by atoms with Crippen molar-refractivity contribution in [1.29, 1.82) is 0 Å². The average molecular weight is 515 g/mol. The second-order valence-electron chi connectivity index (χ2n) is 8.18. The summed E-state index contributed by atoms with van der Waals surface area (Å²) in [5.74, 6) is 0. The lowest BCUT2D eigenvalue weighted by atomic mass is 10.2. The van der Waals surface area contributed by atoms with Gasteiger partial charge < -0.3 is 10.6 Å². The van der Waals surface area contributed by atoms with E-state index in [0.717, 1.165) is 33.4 Å². The van der Waals surface area contributed by atoms with Crippen LogP contribution in [0.15, 0.2) is 97.1 Å². The van der Waals surface area contributed by atoms with E-state index in [0.29, 0.717) is 10.0 Å². The first-order valence-corrected chi connectivity index (χ1v) is 12.1. The van der Waals surface area contributed by atoms with Gasteiger partial charge in [0.25, 0.3) is 0 Å². The van der Waals surface area contributed by atoms with E-state index in [4.69, 9.17) is 23.2 Å². The van der Waals surface area contributed by atoms with Crippen LogP contribution in [0.1, 0.15) is 12.3 Å². The van der Waals surface area contributed by atoms with Crippen molar-refractivity contribution in [3.8, 4) is 0 Å². The second kappa shape index (κ2) is 9.49. The van der Waals surface area contributed by atoms with Crippen LogP contribution in [-0.4, -0.2) is 30.0 Å². The first kappa shape index (κ1) is 22.3. The monoisotopic (exact) mass is 514 g/mol. The highest BCUT2D eigenvalue weighted by atomic mass is 35.5. The smallest absolute Gasteiger partial charge is 0.164 e. The molecule has 6 rings (SSSR count). The summed E-state index contributed by atoms with van der Waals surface area (Å²) in [4.78, 5) is 0. The maximum atomic E-state index is 6.57. The van der Waals surface area contributed by atoms with Gasteiger partial charge in [0.2, 0.25) is 0 Å². The molecule has 0 aliphatic carbocycles. The van der Waals surface area contributed by atoms with Crippen LogP contribution in [0.25, 0.3) is 22.1 Å². The van der Waals surface area contributed by atoms with Crippen LogP contribution in [0.3, 0.4) is 0 Å². The Balaban J connectivity index is 1.57. The maximum absolute atomic E-state index is 6.57. The molecule has 0 amide bonds. The molecule has 0 unspecified atom stereocenters. The zero-order chi connectivity index (χ0) is 24.5. The van der Waals surface area contributed by atoms with Gasteiger partial charge in [-0.25, -0.2) is 9.36 Å². The molecular formula is C26H20Cl2N8. The molecular weight excluding hydrogens is 495 g/mol. The molecule has 0 saturated carbocycles. The van der Waals surface area contributed by atoms with E-state index in [-0.39, 0.29) is 0 Å². The van der Waals surface area contributed by atoms with Gasteiger partial charge in [-0.3, -0.25) is 0 Å². The van der Waals surface area contributed by atoms with E-state index in [1.165, 1.54) is 0 Å². The van der Waals surface area contributed by atoms with Gasteiger partial charge in [-0.1, -0.05) is 82.2 Å². The van der Waals surface area contributed by atoms with Crippen LogP contribution in [0.5, 0.6) is 0 Å². The number of halogens is 2. The van der Waals surface area contributed by atoms with Gasteiger partial charge in [0, 0.05) is 0 Å². The van der Waals surface area contributed by atoms with Crippen molar-refractivity contribution >= 4 is 56.6 Å². The Kier molecular flexibility index (Phi) is 5.88. The van der Waals surface area contributed by atoms with E-state index >= 15 is 0 Å². The Hall–Kier alpha value is -4.14. The number of rotatable bonds is 7. The van der Waals surface area contributed by atoms with Crippen molar-refractivity contribution in [3.63, 3.8) is 0 Å². The van der Waals surface area contributed by atoms with Crippen molar-refractivity contribution in [3.05, 3.63) is 107 Å². The lowest BCUT2D eigenvalue weighted by molar-refractivity contribution is 0.347. The van der Waals surface area contributed by atoms with Crippen LogP contribution < -0.4 is 10.6 Å². The highest BCUT2D eigenvalue weighted by molar-refractivity contribution is 6.33. The molecule has 4 aromatic carbocycles. The summed E-state index contributed by atoms with van der Waals surface area (Å²) in [6.07, 6.45) is -1.09. The molecule has 0 spiro atoms. The van der Waals surface area contributed by atoms with Crippen LogP contribution in [0, 0.1) is 0 Å². The molecule has 0 aliphatic rings. The molecule has 10 heteroatoms. The van der Waals surface area contributed by atoms with E-state index in [2.05, 4.69) is 31.3 Å². The fourth-order valence-electron chi connectivity index (χ4n) is 4.21. The fraction of sp³-hybridized carbons (Fsp3) is 0.0769. The SMILES string of the molecule is Clc1ccccc1N[C@@H]([C@H](Nc1ccccc1Cl)n1nnc2ccccc21)n1nnc2ccccc21. The minimum absolute atomic E-state index is 0.543. The van der Waals surface area contributed by atoms with Gasteiger partial charge in [-0.15, -0.1) is 10.2 Å². The molecule has 0 aliphatic heterocycles. The van der Waals surface area contributed by atoms with E-state index in [1.807, 2.05) is 106 Å². The van der Waals surface area contributed by atoms with E-state index in [1.54, 1.807) is 0 Å². The van der Waals surface area contributed by atoms with Gasteiger partial charge in [0.05, 0.1) is 32.5 Å². The van der Waals surface area contributed by atoms with Crippen molar-refractivity contribution < 1.29 is 0 Å². The molecule has 0 saturated heterocycles. The Morgan fingerprint density at radius 3 is 1.36 bits per heavy atom. The molecule has 178 valence electrons. The van der Waals surface area contributed by atoms with Gasteiger partial charge >= 0.3 is 0 Å². The Labute approximate surface area is 216 Å². The topological polar surface area (TPSA) is 85.5 Å². The first-order chi connectivity index (χ1) is 17.7. The summed E-state index contributed by atoms with van der Waals surface area (Å²) in [5.41, 5.74) is 4.69. The van der Waals surface area contributed by atoms with Gasteiger partial charge in [0.15, 0.2) is 12.3 Å². The number of anilines is 2. The minimum atomic E-state index is -0.543. The van der Waals surface area contributed by atoms with Crippen molar-refractivity contribution in [1.82, 2.24) is 30.0 Å². The summed E-state index contributed by atoms with van der Waals surface area (Å²) in [6, 6.07) is 30.7. The number of nitrogens with one attached hydrogen (secondary N) is 2. The molecule has 2 aromatic heterocycles. The summed E-state index contributed by atoms with van der Waals surface area (Å²) in [6.45, 7) is 0. The average Bonchev–Trinajstić information content (AvgIpc) is 3.53. The third kappa shape index (κ3) is 4.10. The van der Waals surface area contributed by atoms with Crippen LogP contribution >= 0.6 is 23.2 Å². The summed E-state index contributed by atoms with van der Waals surface area (Å²) >= 11 is 13.1. The third-order valence-corrected chi connectivity index (χ3v) is 6.59. The number of fused-ring (bicyclic) bond motifs is 2.